The third-order valence-corrected chi connectivity index (χ3v) is 30.7. The zero-order chi connectivity index (χ0) is 96.9. The van der Waals surface area contributed by atoms with Gasteiger partial charge in [-0.1, -0.05) is 172 Å². The van der Waals surface area contributed by atoms with Crippen molar-refractivity contribution in [1.82, 2.24) is 0 Å². The van der Waals surface area contributed by atoms with E-state index in [1.54, 1.807) is 60.7 Å². The number of carbonyl (C=O) groups excluding carboxylic acids is 3. The molecule has 2 heterocycles. The fourth-order valence-electron chi connectivity index (χ4n) is 20.5. The maximum Gasteiger partial charge on any atom is 0.316 e. The third kappa shape index (κ3) is 32.7. The third-order valence-electron chi connectivity index (χ3n) is 30.7. The number of rotatable bonds is 35. The van der Waals surface area contributed by atoms with E-state index >= 15 is 0 Å². The van der Waals surface area contributed by atoms with Crippen molar-refractivity contribution in [3.05, 3.63) is 162 Å². The van der Waals surface area contributed by atoms with Gasteiger partial charge < -0.3 is 71.8 Å². The molecule has 2 saturated heterocycles. The lowest BCUT2D eigenvalue weighted by atomic mass is 9.49. The summed E-state index contributed by atoms with van der Waals surface area (Å²) >= 11 is 0. The van der Waals surface area contributed by atoms with Gasteiger partial charge in [0.2, 0.25) is 18.9 Å². The Morgan fingerprint density at radius 3 is 1.19 bits per heavy atom. The van der Waals surface area contributed by atoms with Gasteiger partial charge in [0.25, 0.3) is 0 Å². The molecule has 0 radical (unpaired) electrons. The van der Waals surface area contributed by atoms with Crippen LogP contribution in [0, 0.1) is 80.3 Å². The zero-order valence-electron chi connectivity index (χ0n) is 85.9. The number of ether oxygens (including phenoxy) is 13. The number of esters is 3. The second kappa shape index (κ2) is 51.8. The molecule has 8 aliphatic carbocycles. The summed E-state index contributed by atoms with van der Waals surface area (Å²) in [6.45, 7) is 47.0. The molecule has 12 atom stereocenters. The Balaban J connectivity index is 0.000000171. The standard InChI is InChI=1S/C29H44O2.C24H36O2.C22H34O5.C19H28O5.C12H16O3.C10H14O/c1-3-21(2)26-9-11-27(12-10-26)31-28(30-14-13-22-7-5-4-6-8-22)29-18-23-15-24(19-29)17-25(16-23)20-29;1-5-16(4)17-9-11-19(12-10-17)25-24(15(2)3)26-23-14-18-13-22(23)21-8-6-7-20(18)21;1-7-22(5,6)19(23)25-16-8-10-17(11-9-16)26-20(21(2,3)4)27-18-12-14-24-15-13-18;1-5-19(3,4)18(20)24-16-8-6-15(7-9-16)22-14(2)23-17-10-12-21-13-11-17;1-4-12(2,3)11(14)15-10-7-5-9(13)6-8-10;1-3-8(2)9-4-6-10(11)7-5-9/h9-12,21-25,28H,3-8,13-20H2,1-2H3;9-12,15-16,18,20-24H,5-8,13-14H2,1-4H3;8-11,18,20H,7,12-15H2,1-6H3;6-9,14,17H,5,10-13H2,1-4H3;5-8,13H,4H2,1-3H3;4-8,11H,3H2,1-2H3. The maximum atomic E-state index is 12.2. The molecule has 12 unspecified atom stereocenters. The van der Waals surface area contributed by atoms with Crippen LogP contribution in [0.4, 0.5) is 0 Å². The summed E-state index contributed by atoms with van der Waals surface area (Å²) in [5.74, 6) is 14.1. The second-order valence-corrected chi connectivity index (χ2v) is 43.8. The second-order valence-electron chi connectivity index (χ2n) is 43.8. The summed E-state index contributed by atoms with van der Waals surface area (Å²) in [4.78, 5) is 35.9. The van der Waals surface area contributed by atoms with E-state index < -0.39 is 16.2 Å². The number of aromatic hydroxyl groups is 2. The lowest BCUT2D eigenvalue weighted by Gasteiger charge is -2.58. The molecular weight excluding hydrogens is 1680 g/mol. The van der Waals surface area contributed by atoms with Gasteiger partial charge in [0, 0.05) is 43.2 Å². The molecule has 0 amide bonds. The first-order valence-electron chi connectivity index (χ1n) is 52.0. The molecule has 6 aromatic rings. The average molecular weight is 1850 g/mol. The predicted octanol–water partition coefficient (Wildman–Crippen LogP) is 29.1. The van der Waals surface area contributed by atoms with Crippen molar-refractivity contribution < 1.29 is 86.2 Å². The highest BCUT2D eigenvalue weighted by molar-refractivity contribution is 5.79. The first-order valence-corrected chi connectivity index (χ1v) is 52.0. The van der Waals surface area contributed by atoms with Crippen LogP contribution in [0.25, 0.3) is 0 Å². The van der Waals surface area contributed by atoms with Crippen molar-refractivity contribution in [1.29, 1.82) is 0 Å². The number of benzene rings is 6. The Hall–Kier alpha value is -7.71. The fourth-order valence-corrected chi connectivity index (χ4v) is 20.5. The fraction of sp³-hybridized carbons (Fsp3) is 0.664. The van der Waals surface area contributed by atoms with Crippen LogP contribution < -0.4 is 33.2 Å². The highest BCUT2D eigenvalue weighted by Gasteiger charge is 2.57. The Kier molecular flexibility index (Phi) is 41.9. The van der Waals surface area contributed by atoms with Gasteiger partial charge in [0.15, 0.2) is 6.29 Å². The Bertz CT molecular complexity index is 4350. The monoisotopic (exact) mass is 1850 g/mol. The highest BCUT2D eigenvalue weighted by Crippen LogP contribution is 2.63. The van der Waals surface area contributed by atoms with Gasteiger partial charge in [-0.05, 0) is 374 Å². The normalized spacial score (nSPS) is 23.7. The molecule has 16 rings (SSSR count). The number of carbonyl (C=O) groups is 3. The van der Waals surface area contributed by atoms with Crippen molar-refractivity contribution in [2.45, 2.75) is 380 Å². The van der Waals surface area contributed by atoms with Crippen LogP contribution in [0.1, 0.15) is 353 Å². The number of fused-ring (bicyclic) bond motifs is 5. The Labute approximate surface area is 806 Å². The van der Waals surface area contributed by atoms with E-state index in [0.29, 0.717) is 64.3 Å². The van der Waals surface area contributed by atoms with Gasteiger partial charge in [0.05, 0.1) is 41.2 Å². The summed E-state index contributed by atoms with van der Waals surface area (Å²) in [5.41, 5.74) is 2.74. The summed E-state index contributed by atoms with van der Waals surface area (Å²) in [6, 6.07) is 45.3. The molecule has 18 nitrogen and oxygen atoms in total. The average Bonchev–Trinajstić information content (AvgIpc) is 0.913. The smallest absolute Gasteiger partial charge is 0.316 e. The van der Waals surface area contributed by atoms with E-state index in [1.807, 2.05) is 93.5 Å². The highest BCUT2D eigenvalue weighted by atomic mass is 16.7. The molecule has 2 aliphatic heterocycles. The molecular formula is C116H172O18. The zero-order valence-corrected chi connectivity index (χ0v) is 85.9. The minimum absolute atomic E-state index is 0.0565. The van der Waals surface area contributed by atoms with E-state index in [2.05, 4.69) is 125 Å². The lowest BCUT2D eigenvalue weighted by molar-refractivity contribution is -0.216. The van der Waals surface area contributed by atoms with Gasteiger partial charge in [0.1, 0.15) is 51.7 Å². The van der Waals surface area contributed by atoms with Crippen molar-refractivity contribution in [2.24, 2.45) is 80.3 Å². The molecule has 0 aromatic heterocycles. The van der Waals surface area contributed by atoms with E-state index in [4.69, 9.17) is 71.8 Å². The summed E-state index contributed by atoms with van der Waals surface area (Å²) in [6.07, 6.45) is 32.9. The lowest BCUT2D eigenvalue weighted by Crippen LogP contribution is -2.54. The van der Waals surface area contributed by atoms with Crippen LogP contribution in [-0.2, 0) is 42.8 Å². The Morgan fingerprint density at radius 2 is 0.769 bits per heavy atom. The molecule has 18 heteroatoms. The maximum absolute atomic E-state index is 12.2. The number of phenols is 2. The van der Waals surface area contributed by atoms with Crippen LogP contribution >= 0.6 is 0 Å². The minimum atomic E-state index is -0.496. The van der Waals surface area contributed by atoms with E-state index in [-0.39, 0.29) is 71.9 Å². The molecule has 10 aliphatic rings. The Morgan fingerprint density at radius 1 is 0.396 bits per heavy atom. The quantitative estimate of drug-likeness (QED) is 0.0215. The largest absolute Gasteiger partial charge is 0.508 e. The van der Waals surface area contributed by atoms with Gasteiger partial charge in [-0.25, -0.2) is 0 Å². The molecule has 6 aromatic carbocycles. The molecule has 0 spiro atoms. The predicted molar refractivity (Wildman–Crippen MR) is 534 cm³/mol. The van der Waals surface area contributed by atoms with E-state index in [0.717, 1.165) is 143 Å². The molecule has 10 fully saturated rings. The van der Waals surface area contributed by atoms with Crippen LogP contribution in [0.2, 0.25) is 0 Å². The van der Waals surface area contributed by atoms with Crippen molar-refractivity contribution in [3.8, 4) is 51.7 Å². The van der Waals surface area contributed by atoms with Crippen molar-refractivity contribution in [2.75, 3.05) is 33.0 Å². The molecule has 134 heavy (non-hydrogen) atoms. The van der Waals surface area contributed by atoms with Crippen LogP contribution in [-0.4, -0.2) is 105 Å². The van der Waals surface area contributed by atoms with Crippen LogP contribution in [0.5, 0.6) is 51.7 Å². The van der Waals surface area contributed by atoms with Crippen molar-refractivity contribution >= 4 is 17.9 Å². The molecule has 2 N–H and O–H groups in total. The summed E-state index contributed by atoms with van der Waals surface area (Å²) in [5, 5.41) is 18.1. The number of hydrogen-bond acceptors (Lipinski definition) is 18. The SMILES string of the molecule is CCC(C)(C)C(=O)Oc1ccc(O)cc1.CCC(C)(C)C(=O)Oc1ccc(OC(C)OC2CCOCC2)cc1.CCC(C)(C)C(=O)Oc1ccc(OC(OC2CCOCC2)C(C)(C)C)cc1.CCC(C)c1ccc(O)cc1.CCC(C)c1ccc(OC(OC2CC3CC2C2CCCC32)C(C)C)cc1.CCC(C)c1ccc(OC(OCCC2CCCCC2)C23CC4CC(CC(C4)C2)C3)cc1. The van der Waals surface area contributed by atoms with Gasteiger partial charge in [-0.2, -0.15) is 0 Å². The van der Waals surface area contributed by atoms with Gasteiger partial charge in [-0.15, -0.1) is 0 Å². The van der Waals surface area contributed by atoms with Gasteiger partial charge in [-0.3, -0.25) is 14.4 Å². The summed E-state index contributed by atoms with van der Waals surface area (Å²) < 4.78 is 77.1. The first kappa shape index (κ1) is 108. The topological polar surface area (TPSA) is 212 Å². The molecule has 744 valence electrons. The van der Waals surface area contributed by atoms with E-state index in [1.165, 1.54) is 151 Å². The van der Waals surface area contributed by atoms with Crippen molar-refractivity contribution in [3.63, 3.8) is 0 Å². The first-order chi connectivity index (χ1) is 63.9. The summed E-state index contributed by atoms with van der Waals surface area (Å²) in [7, 11) is 0. The number of hydrogen-bond donors (Lipinski definition) is 2. The van der Waals surface area contributed by atoms with Crippen LogP contribution in [0.3, 0.4) is 0 Å². The molecule has 6 bridgehead atoms. The van der Waals surface area contributed by atoms with Gasteiger partial charge >= 0.3 is 17.9 Å². The van der Waals surface area contributed by atoms with E-state index in [9.17, 15) is 14.4 Å². The van der Waals surface area contributed by atoms with Crippen LogP contribution in [0.15, 0.2) is 146 Å². The minimum Gasteiger partial charge on any atom is -0.508 e. The number of phenolic OH excluding ortho intramolecular Hbond substituents is 2. The molecule has 8 saturated carbocycles.